The third kappa shape index (κ3) is 45.7. The van der Waals surface area contributed by atoms with Gasteiger partial charge in [0.05, 0.1) is 189 Å². The number of nitrogens with zero attached hydrogens (tertiary/aromatic N) is 5. The van der Waals surface area contributed by atoms with Gasteiger partial charge in [-0.1, -0.05) is 40.0 Å². The van der Waals surface area contributed by atoms with E-state index < -0.39 is 53.9 Å². The number of methoxy groups -OCH3 is 1. The van der Waals surface area contributed by atoms with Crippen molar-refractivity contribution in [2.24, 2.45) is 22.4 Å². The lowest BCUT2D eigenvalue weighted by molar-refractivity contribution is -0.138. The number of aliphatic imine (C=N–C) groups is 1. The van der Waals surface area contributed by atoms with Gasteiger partial charge in [-0.2, -0.15) is 0 Å². The number of benzene rings is 1. The molecule has 1 aromatic carbocycles. The van der Waals surface area contributed by atoms with Crippen LogP contribution in [0.3, 0.4) is 0 Å². The first-order valence-electron chi connectivity index (χ1n) is 37.9. The van der Waals surface area contributed by atoms with Crippen LogP contribution in [0.25, 0.3) is 10.9 Å². The van der Waals surface area contributed by atoms with E-state index in [1.54, 1.807) is 24.1 Å². The number of unbranched alkanes of at least 4 members (excludes halogenated alkanes) is 2. The summed E-state index contributed by atoms with van der Waals surface area (Å²) in [4.78, 5) is 131. The van der Waals surface area contributed by atoms with Crippen LogP contribution in [0.2, 0.25) is 0 Å². The molecule has 4 atom stereocenters. The molecule has 1 aliphatic rings. The first kappa shape index (κ1) is 95.0. The van der Waals surface area contributed by atoms with Gasteiger partial charge >= 0.3 is 0 Å². The quantitative estimate of drug-likeness (QED) is 0.0212. The van der Waals surface area contributed by atoms with Crippen LogP contribution in [0.15, 0.2) is 34.3 Å². The Morgan fingerprint density at radius 3 is 1.55 bits per heavy atom. The third-order valence-corrected chi connectivity index (χ3v) is 16.7. The molecule has 2 heterocycles. The SMILES string of the molecule is CCCCCC(=O)NCCOCCNC(=O)CCC(=O)CNCC[C@H](NC(=O)[C@@H](NC(=O)CCOCCOCCOCCOCCOCCOCCOCCOCCOCCOCCOCCOC)[C@@H](C)CC)C(=O)N1CCN(c2ccc3ncn(CC(=O)N[C@@H](CCCN=C(N)N)C(=O)NC)c(=O)c3c2)CC1. The maximum absolute atomic E-state index is 14.6. The maximum atomic E-state index is 14.6. The van der Waals surface area contributed by atoms with Gasteiger partial charge in [0.1, 0.15) is 30.5 Å². The highest BCUT2D eigenvalue weighted by molar-refractivity contribution is 5.93. The van der Waals surface area contributed by atoms with Crippen molar-refractivity contribution in [2.45, 2.75) is 116 Å². The summed E-state index contributed by atoms with van der Waals surface area (Å²) in [5.41, 5.74) is 11.4. The van der Waals surface area contributed by atoms with Gasteiger partial charge in [0.15, 0.2) is 5.96 Å². The van der Waals surface area contributed by atoms with E-state index in [1.165, 1.54) is 13.4 Å². The van der Waals surface area contributed by atoms with E-state index in [1.807, 2.05) is 24.8 Å². The Balaban J connectivity index is 1.41. The van der Waals surface area contributed by atoms with E-state index in [0.717, 1.165) is 23.8 Å². The van der Waals surface area contributed by atoms with Gasteiger partial charge in [-0.15, -0.1) is 0 Å². The summed E-state index contributed by atoms with van der Waals surface area (Å²) < 4.78 is 72.3. The predicted molar refractivity (Wildman–Crippen MR) is 402 cm³/mol. The smallest absolute Gasteiger partial charge is 0.261 e. The lowest BCUT2D eigenvalue weighted by Gasteiger charge is -2.38. The minimum Gasteiger partial charge on any atom is -0.382 e. The first-order valence-corrected chi connectivity index (χ1v) is 37.9. The number of anilines is 1. The largest absolute Gasteiger partial charge is 0.382 e. The Morgan fingerprint density at radius 1 is 0.537 bits per heavy atom. The molecular formula is C72H126N14O22. The lowest BCUT2D eigenvalue weighted by atomic mass is 9.97. The normalized spacial score (nSPS) is 13.3. The van der Waals surface area contributed by atoms with E-state index in [2.05, 4.69) is 54.1 Å². The van der Waals surface area contributed by atoms with E-state index in [0.29, 0.717) is 189 Å². The number of hydrogen-bond acceptors (Lipinski definition) is 26. The monoisotopic (exact) mass is 1540 g/mol. The second kappa shape index (κ2) is 62.6. The van der Waals surface area contributed by atoms with Gasteiger partial charge in [-0.3, -0.25) is 52.7 Å². The summed E-state index contributed by atoms with van der Waals surface area (Å²) in [6, 6.07) is 2.20. The summed E-state index contributed by atoms with van der Waals surface area (Å²) in [5, 5.41) is 19.8. The highest BCUT2D eigenvalue weighted by atomic mass is 16.6. The van der Waals surface area contributed by atoms with E-state index >= 15 is 0 Å². The molecule has 36 heteroatoms. The fraction of sp³-hybridized carbons (Fsp3) is 0.764. The molecule has 11 N–H and O–H groups in total. The summed E-state index contributed by atoms with van der Waals surface area (Å²) in [6.07, 6.45) is 5.71. The zero-order valence-electron chi connectivity index (χ0n) is 64.5. The van der Waals surface area contributed by atoms with Crippen LogP contribution in [-0.4, -0.2) is 324 Å². The molecule has 2 aromatic rings. The van der Waals surface area contributed by atoms with Crippen molar-refractivity contribution in [3.05, 3.63) is 34.9 Å². The van der Waals surface area contributed by atoms with Crippen molar-refractivity contribution in [1.82, 2.24) is 51.7 Å². The number of fused-ring (bicyclic) bond motifs is 1. The molecule has 36 nitrogen and oxygen atoms in total. The summed E-state index contributed by atoms with van der Waals surface area (Å²) in [5.74, 6) is -3.40. The summed E-state index contributed by atoms with van der Waals surface area (Å²) >= 11 is 0. The number of nitrogens with two attached hydrogens (primary N) is 2. The fourth-order valence-corrected chi connectivity index (χ4v) is 10.4. The zero-order valence-corrected chi connectivity index (χ0v) is 64.5. The highest BCUT2D eigenvalue weighted by Gasteiger charge is 2.33. The second-order valence-corrected chi connectivity index (χ2v) is 25.1. The van der Waals surface area contributed by atoms with Crippen LogP contribution in [-0.2, 0) is 106 Å². The summed E-state index contributed by atoms with van der Waals surface area (Å²) in [7, 11) is 3.08. The van der Waals surface area contributed by atoms with Crippen LogP contribution in [0, 0.1) is 5.92 Å². The maximum Gasteiger partial charge on any atom is 0.261 e. The Hall–Kier alpha value is -7.17. The molecule has 1 aromatic heterocycles. The van der Waals surface area contributed by atoms with Crippen molar-refractivity contribution in [2.75, 3.05) is 243 Å². The number of piperazine rings is 1. The number of ketones is 1. The first-order chi connectivity index (χ1) is 52.5. The Bertz CT molecular complexity index is 2890. The van der Waals surface area contributed by atoms with Crippen LogP contribution in [0.5, 0.6) is 0 Å². The average molecular weight is 1540 g/mol. The molecule has 108 heavy (non-hydrogen) atoms. The van der Waals surface area contributed by atoms with Gasteiger partial charge < -0.3 is 120 Å². The Kier molecular flexibility index (Phi) is 55.1. The summed E-state index contributed by atoms with van der Waals surface area (Å²) in [6.45, 7) is 17.5. The fourth-order valence-electron chi connectivity index (χ4n) is 10.4. The number of hydrogen-bond donors (Lipinski definition) is 9. The Morgan fingerprint density at radius 2 is 1.05 bits per heavy atom. The van der Waals surface area contributed by atoms with Crippen LogP contribution in [0.4, 0.5) is 5.69 Å². The number of amides is 7. The van der Waals surface area contributed by atoms with Gasteiger partial charge in [0.2, 0.25) is 41.4 Å². The van der Waals surface area contributed by atoms with Crippen molar-refractivity contribution in [3.8, 4) is 0 Å². The highest BCUT2D eigenvalue weighted by Crippen LogP contribution is 2.21. The van der Waals surface area contributed by atoms with Crippen LogP contribution >= 0.6 is 0 Å². The molecule has 0 spiro atoms. The number of ether oxygens (including phenoxy) is 13. The molecule has 0 aliphatic carbocycles. The number of carbonyl (C=O) groups excluding carboxylic acids is 8. The zero-order chi connectivity index (χ0) is 78.5. The van der Waals surface area contributed by atoms with Gasteiger partial charge in [-0.25, -0.2) is 4.98 Å². The van der Waals surface area contributed by atoms with Crippen LogP contribution in [0.1, 0.15) is 91.4 Å². The number of guanidine groups is 1. The van der Waals surface area contributed by atoms with Crippen molar-refractivity contribution in [3.63, 3.8) is 0 Å². The molecule has 616 valence electrons. The predicted octanol–water partition coefficient (Wildman–Crippen LogP) is -1.28. The average Bonchev–Trinajstić information content (AvgIpc) is 0.791. The number of aromatic nitrogens is 2. The number of nitrogens with one attached hydrogen (secondary N) is 7. The lowest BCUT2D eigenvalue weighted by Crippen LogP contribution is -2.59. The molecule has 0 bridgehead atoms. The molecule has 1 saturated heterocycles. The molecule has 1 fully saturated rings. The molecule has 0 unspecified atom stereocenters. The number of rotatable bonds is 69. The van der Waals surface area contributed by atoms with E-state index in [9.17, 15) is 43.2 Å². The molecule has 1 aliphatic heterocycles. The molecular weight excluding hydrogens is 1410 g/mol. The number of Topliss-reactive ketones (excluding diaryl/α,β-unsaturated/α-hetero) is 1. The number of likely N-dealkylation sites (N-methyl/N-ethyl adjacent to an activating group) is 1. The minimum atomic E-state index is -1.08. The van der Waals surface area contributed by atoms with Crippen molar-refractivity contribution >= 4 is 69.7 Å². The third-order valence-electron chi connectivity index (χ3n) is 16.7. The Labute approximate surface area is 635 Å². The standard InChI is InChI=1S/C72H126N14O22/c1-6-8-9-12-63(88)77-21-28-98-29-22-78-64(89)16-14-58(87)53-76-20-17-62(71(95)85-25-23-84(24-26-85)57-13-15-60-59(52-57)70(94)86(55-80-60)54-66(91)81-61(68(92)75-4)11-10-19-79-72(73)74)82-69(93)67(56(3)7-2)83-65(90)18-27-97-32-33-100-36-37-102-40-41-104-44-45-106-48-49-108-51-50-107-47-46-105-43-42-103-39-38-101-35-34-99-31-30-96-5/h13,15,52,55-56,61-62,67,76H,6-12,14,16-51,53-54H2,1-5H3,(H,75,92)(H,77,88)(H,78,89)(H,81,91)(H,82,93)(H,83,90)(H4,73,74,79)/t56-,61-,62-,67-/m0/s1. The van der Waals surface area contributed by atoms with Crippen molar-refractivity contribution < 1.29 is 99.9 Å². The van der Waals surface area contributed by atoms with Gasteiger partial charge in [-0.05, 0) is 56.3 Å². The second-order valence-electron chi connectivity index (χ2n) is 25.1. The molecule has 0 saturated carbocycles. The molecule has 0 radical (unpaired) electrons. The minimum absolute atomic E-state index is 0.0217. The van der Waals surface area contributed by atoms with Gasteiger partial charge in [0.25, 0.3) is 5.56 Å². The van der Waals surface area contributed by atoms with E-state index in [-0.39, 0.29) is 139 Å². The molecule has 7 amide bonds. The van der Waals surface area contributed by atoms with E-state index in [4.69, 9.17) is 73.0 Å². The van der Waals surface area contributed by atoms with Crippen LogP contribution < -0.4 is 59.1 Å². The van der Waals surface area contributed by atoms with Crippen molar-refractivity contribution in [1.29, 1.82) is 0 Å². The molecule has 3 rings (SSSR count). The number of carbonyl (C=O) groups is 8. The topological polar surface area (TPSA) is 447 Å². The van der Waals surface area contributed by atoms with Gasteiger partial charge in [0, 0.05) is 91.3 Å².